The normalized spacial score (nSPS) is 7.43. The Labute approximate surface area is 86.4 Å². The van der Waals surface area contributed by atoms with Gasteiger partial charge in [0.25, 0.3) is 0 Å². The minimum absolute atomic E-state index is 1.32. The smallest absolute Gasteiger partial charge is 0.134 e. The third kappa shape index (κ3) is 30.3. The Morgan fingerprint density at radius 1 is 0.857 bits per heavy atom. The summed E-state index contributed by atoms with van der Waals surface area (Å²) in [6.45, 7) is 4.36. The van der Waals surface area contributed by atoms with Crippen molar-refractivity contribution in [3.63, 3.8) is 0 Å². The average molecular weight is 217 g/mol. The summed E-state index contributed by atoms with van der Waals surface area (Å²) in [6.07, 6.45) is 2.64. The fraction of sp³-hybridized carbons (Fsp3) is 0.400. The van der Waals surface area contributed by atoms with Gasteiger partial charge < -0.3 is 0 Å². The van der Waals surface area contributed by atoms with Crippen LogP contribution in [0, 0.1) is 0 Å². The standard InChI is InChI=1S/C6H6.C4H10.HO3P/c1-2-4-6-5-3-1;1-3-4-2;1-4(2)3/h1-6H;3-4H2,1-2H3;(H-,1,2,3)/p+1. The van der Waals surface area contributed by atoms with Crippen molar-refractivity contribution in [2.24, 2.45) is 0 Å². The molecular formula is C10H18O3P+. The van der Waals surface area contributed by atoms with Gasteiger partial charge in [0.15, 0.2) is 0 Å². The van der Waals surface area contributed by atoms with E-state index in [9.17, 15) is 0 Å². The molecule has 0 saturated heterocycles. The van der Waals surface area contributed by atoms with Gasteiger partial charge in [0.1, 0.15) is 0 Å². The van der Waals surface area contributed by atoms with Gasteiger partial charge in [-0.1, -0.05) is 63.1 Å². The van der Waals surface area contributed by atoms with E-state index < -0.39 is 8.25 Å². The lowest BCUT2D eigenvalue weighted by Gasteiger charge is -1.69. The first kappa shape index (κ1) is 15.7. The average Bonchev–Trinajstić information content (AvgIpc) is 2.20. The molecule has 0 heterocycles. The van der Waals surface area contributed by atoms with Crippen LogP contribution in [0.25, 0.3) is 0 Å². The summed E-state index contributed by atoms with van der Waals surface area (Å²) in [5, 5.41) is 0. The molecule has 0 aliphatic heterocycles. The summed E-state index contributed by atoms with van der Waals surface area (Å²) < 4.78 is 8.70. The highest BCUT2D eigenvalue weighted by atomic mass is 31.1. The molecule has 2 N–H and O–H groups in total. The first-order valence-electron chi connectivity index (χ1n) is 4.50. The van der Waals surface area contributed by atoms with E-state index in [1.807, 2.05) is 36.4 Å². The summed E-state index contributed by atoms with van der Waals surface area (Å²) in [6, 6.07) is 12.0. The zero-order valence-corrected chi connectivity index (χ0v) is 9.52. The van der Waals surface area contributed by atoms with Crippen molar-refractivity contribution in [1.82, 2.24) is 0 Å². The highest BCUT2D eigenvalue weighted by molar-refractivity contribution is 7.30. The van der Waals surface area contributed by atoms with Crippen molar-refractivity contribution < 1.29 is 14.4 Å². The van der Waals surface area contributed by atoms with Gasteiger partial charge in [-0.3, -0.25) is 0 Å². The molecule has 3 nitrogen and oxygen atoms in total. The second-order valence-electron chi connectivity index (χ2n) is 2.41. The van der Waals surface area contributed by atoms with Crippen molar-refractivity contribution in [3.05, 3.63) is 36.4 Å². The van der Waals surface area contributed by atoms with Gasteiger partial charge in [-0.2, -0.15) is 0 Å². The molecular weight excluding hydrogens is 199 g/mol. The zero-order chi connectivity index (χ0) is 11.2. The van der Waals surface area contributed by atoms with E-state index in [-0.39, 0.29) is 0 Å². The number of hydrogen-bond acceptors (Lipinski definition) is 1. The molecule has 80 valence electrons. The molecule has 1 aromatic carbocycles. The van der Waals surface area contributed by atoms with Crippen LogP contribution in [0.3, 0.4) is 0 Å². The molecule has 1 rings (SSSR count). The lowest BCUT2D eigenvalue weighted by molar-refractivity contribution is 0.405. The predicted octanol–water partition coefficient (Wildman–Crippen LogP) is 3.12. The second-order valence-corrected chi connectivity index (χ2v) is 2.91. The van der Waals surface area contributed by atoms with Crippen molar-refractivity contribution in [2.45, 2.75) is 26.7 Å². The third-order valence-corrected chi connectivity index (χ3v) is 1.17. The Kier molecular flexibility index (Phi) is 16.5. The minimum Gasteiger partial charge on any atom is -0.134 e. The lowest BCUT2D eigenvalue weighted by Crippen LogP contribution is -1.47. The summed E-state index contributed by atoms with van der Waals surface area (Å²) in [5.41, 5.74) is 0. The largest absolute Gasteiger partial charge is 0.692 e. The van der Waals surface area contributed by atoms with Gasteiger partial charge in [-0.05, 0) is 0 Å². The molecule has 0 atom stereocenters. The van der Waals surface area contributed by atoms with E-state index in [0.717, 1.165) is 0 Å². The molecule has 0 spiro atoms. The van der Waals surface area contributed by atoms with E-state index in [4.69, 9.17) is 14.4 Å². The first-order chi connectivity index (χ1) is 6.65. The fourth-order valence-electron chi connectivity index (χ4n) is 0.385. The molecule has 0 radical (unpaired) electrons. The molecule has 0 aromatic heterocycles. The summed E-state index contributed by atoms with van der Waals surface area (Å²) >= 11 is 0. The maximum absolute atomic E-state index is 8.70. The van der Waals surface area contributed by atoms with Crippen molar-refractivity contribution in [1.29, 1.82) is 0 Å². The third-order valence-electron chi connectivity index (χ3n) is 1.17. The summed E-state index contributed by atoms with van der Waals surface area (Å²) in [5.74, 6) is 0. The Morgan fingerprint density at radius 3 is 1.07 bits per heavy atom. The van der Waals surface area contributed by atoms with Crippen LogP contribution in [-0.4, -0.2) is 9.79 Å². The second kappa shape index (κ2) is 14.7. The molecule has 14 heavy (non-hydrogen) atoms. The van der Waals surface area contributed by atoms with Crippen molar-refractivity contribution >= 4 is 8.25 Å². The summed E-state index contributed by atoms with van der Waals surface area (Å²) in [4.78, 5) is 14.2. The van der Waals surface area contributed by atoms with Gasteiger partial charge in [0.05, 0.1) is 0 Å². The highest BCUT2D eigenvalue weighted by Gasteiger charge is 1.93. The lowest BCUT2D eigenvalue weighted by atomic mass is 10.4. The molecule has 0 bridgehead atoms. The summed E-state index contributed by atoms with van der Waals surface area (Å²) in [7, 11) is -2.87. The van der Waals surface area contributed by atoms with E-state index in [1.165, 1.54) is 12.8 Å². The van der Waals surface area contributed by atoms with Gasteiger partial charge >= 0.3 is 8.25 Å². The van der Waals surface area contributed by atoms with E-state index in [0.29, 0.717) is 0 Å². The Balaban J connectivity index is 0. The molecule has 0 unspecified atom stereocenters. The van der Waals surface area contributed by atoms with E-state index in [2.05, 4.69) is 13.8 Å². The quantitative estimate of drug-likeness (QED) is 0.710. The maximum Gasteiger partial charge on any atom is 0.692 e. The van der Waals surface area contributed by atoms with Gasteiger partial charge in [-0.15, -0.1) is 9.79 Å². The molecule has 4 heteroatoms. The topological polar surface area (TPSA) is 57.5 Å². The van der Waals surface area contributed by atoms with Gasteiger partial charge in [0, 0.05) is 4.57 Å². The predicted molar refractivity (Wildman–Crippen MR) is 59.1 cm³/mol. The van der Waals surface area contributed by atoms with Crippen LogP contribution in [0.5, 0.6) is 0 Å². The SMILES string of the molecule is CCCC.O=[P+](O)O.c1ccccc1. The highest BCUT2D eigenvalue weighted by Crippen LogP contribution is 1.98. The van der Waals surface area contributed by atoms with E-state index in [1.54, 1.807) is 0 Å². The van der Waals surface area contributed by atoms with Crippen LogP contribution in [0.15, 0.2) is 36.4 Å². The number of hydrogen-bond donors (Lipinski definition) is 2. The van der Waals surface area contributed by atoms with E-state index >= 15 is 0 Å². The Morgan fingerprint density at radius 2 is 1.00 bits per heavy atom. The van der Waals surface area contributed by atoms with Crippen LogP contribution >= 0.6 is 8.25 Å². The number of rotatable bonds is 1. The van der Waals surface area contributed by atoms with Crippen LogP contribution in [0.1, 0.15) is 26.7 Å². The van der Waals surface area contributed by atoms with Crippen LogP contribution in [0.2, 0.25) is 0 Å². The molecule has 0 saturated carbocycles. The minimum atomic E-state index is -2.87. The van der Waals surface area contributed by atoms with Crippen molar-refractivity contribution in [3.8, 4) is 0 Å². The van der Waals surface area contributed by atoms with Gasteiger partial charge in [-0.25, -0.2) is 0 Å². The molecule has 1 aromatic rings. The molecule has 0 aliphatic carbocycles. The molecule has 0 amide bonds. The Bertz CT molecular complexity index is 169. The zero-order valence-electron chi connectivity index (χ0n) is 8.63. The van der Waals surface area contributed by atoms with Crippen LogP contribution < -0.4 is 0 Å². The van der Waals surface area contributed by atoms with Gasteiger partial charge in [0.2, 0.25) is 0 Å². The first-order valence-corrected chi connectivity index (χ1v) is 5.66. The molecule has 0 aliphatic rings. The maximum atomic E-state index is 8.70. The fourth-order valence-corrected chi connectivity index (χ4v) is 0.385. The number of unbranched alkanes of at least 4 members (excludes halogenated alkanes) is 1. The Hall–Kier alpha value is -0.760. The van der Waals surface area contributed by atoms with Crippen molar-refractivity contribution in [2.75, 3.05) is 0 Å². The molecule has 0 fully saturated rings. The van der Waals surface area contributed by atoms with Crippen LogP contribution in [0.4, 0.5) is 0 Å². The number of benzene rings is 1. The monoisotopic (exact) mass is 217 g/mol. The van der Waals surface area contributed by atoms with Crippen LogP contribution in [-0.2, 0) is 4.57 Å².